The summed E-state index contributed by atoms with van der Waals surface area (Å²) in [5, 5.41) is 0. The Morgan fingerprint density at radius 2 is 1.20 bits per heavy atom. The second-order valence-electron chi connectivity index (χ2n) is 3.41. The van der Waals surface area contributed by atoms with Gasteiger partial charge in [-0.15, -0.1) is 0 Å². The van der Waals surface area contributed by atoms with Crippen molar-refractivity contribution < 1.29 is 0 Å². The van der Waals surface area contributed by atoms with Gasteiger partial charge in [-0.3, -0.25) is 0 Å². The molecule has 2 aromatic carbocycles. The first kappa shape index (κ1) is 9.79. The molecule has 2 rings (SSSR count). The molecule has 2 aromatic rings. The van der Waals surface area contributed by atoms with Gasteiger partial charge >= 0.3 is 0 Å². The summed E-state index contributed by atoms with van der Waals surface area (Å²) in [4.78, 5) is 0. The number of hydrogen-bond donors (Lipinski definition) is 0. The Morgan fingerprint density at radius 3 is 1.80 bits per heavy atom. The number of rotatable bonds is 2. The van der Waals surface area contributed by atoms with Crippen molar-refractivity contribution in [2.24, 2.45) is 0 Å². The van der Waals surface area contributed by atoms with E-state index in [-0.39, 0.29) is 0 Å². The van der Waals surface area contributed by atoms with Gasteiger partial charge in [-0.05, 0) is 11.1 Å². The van der Waals surface area contributed by atoms with E-state index in [2.05, 4.69) is 24.3 Å². The monoisotopic (exact) mass is 190 g/mol. The molecule has 0 aromatic heterocycles. The topological polar surface area (TPSA) is 0 Å². The third-order valence-corrected chi connectivity index (χ3v) is 2.20. The van der Waals surface area contributed by atoms with Gasteiger partial charge in [0.1, 0.15) is 7.85 Å². The molecule has 70 valence electrons. The van der Waals surface area contributed by atoms with Crippen LogP contribution in [0.1, 0.15) is 11.1 Å². The van der Waals surface area contributed by atoms with Crippen LogP contribution < -0.4 is 5.46 Å². The molecule has 0 amide bonds. The molecule has 15 heavy (non-hydrogen) atoms. The van der Waals surface area contributed by atoms with Gasteiger partial charge in [0.25, 0.3) is 0 Å². The van der Waals surface area contributed by atoms with Crippen molar-refractivity contribution in [1.29, 1.82) is 0 Å². The normalized spacial score (nSPS) is 10.7. The Balaban J connectivity index is 2.15. The molecule has 2 radical (unpaired) electrons. The summed E-state index contributed by atoms with van der Waals surface area (Å²) in [5.41, 5.74) is 3.16. The molecule has 0 spiro atoms. The maximum Gasteiger partial charge on any atom is 0.113 e. The van der Waals surface area contributed by atoms with Crippen molar-refractivity contribution in [3.63, 3.8) is 0 Å². The van der Waals surface area contributed by atoms with Crippen molar-refractivity contribution in [1.82, 2.24) is 0 Å². The highest BCUT2D eigenvalue weighted by Gasteiger charge is 1.86. The van der Waals surface area contributed by atoms with Crippen molar-refractivity contribution in [2.75, 3.05) is 0 Å². The van der Waals surface area contributed by atoms with Crippen LogP contribution in [0.4, 0.5) is 0 Å². The molecule has 0 atom stereocenters. The average molecular weight is 190 g/mol. The van der Waals surface area contributed by atoms with E-state index in [9.17, 15) is 0 Å². The standard InChI is InChI=1S/C14H11B/c15-14-10-8-13(9-11-14)7-6-12-4-2-1-3-5-12/h1-11H/b7-6+. The molecule has 0 saturated heterocycles. The van der Waals surface area contributed by atoms with Crippen LogP contribution in [-0.2, 0) is 0 Å². The minimum absolute atomic E-state index is 0.798. The summed E-state index contributed by atoms with van der Waals surface area (Å²) in [6.07, 6.45) is 4.17. The van der Waals surface area contributed by atoms with Crippen LogP contribution in [0.15, 0.2) is 54.6 Å². The lowest BCUT2D eigenvalue weighted by atomic mass is 9.95. The van der Waals surface area contributed by atoms with Crippen LogP contribution >= 0.6 is 0 Å². The molecule has 0 N–H and O–H groups in total. The highest BCUT2D eigenvalue weighted by atomic mass is 13.9. The van der Waals surface area contributed by atoms with Gasteiger partial charge in [-0.25, -0.2) is 0 Å². The second-order valence-corrected chi connectivity index (χ2v) is 3.41. The van der Waals surface area contributed by atoms with E-state index in [0.717, 1.165) is 11.0 Å². The fraction of sp³-hybridized carbons (Fsp3) is 0. The fourth-order valence-electron chi connectivity index (χ4n) is 1.36. The van der Waals surface area contributed by atoms with Crippen molar-refractivity contribution in [3.8, 4) is 0 Å². The largest absolute Gasteiger partial charge is 0.113 e. The van der Waals surface area contributed by atoms with Crippen LogP contribution in [0.3, 0.4) is 0 Å². The number of hydrogen-bond acceptors (Lipinski definition) is 0. The van der Waals surface area contributed by atoms with Crippen molar-refractivity contribution in [3.05, 3.63) is 65.7 Å². The highest BCUT2D eigenvalue weighted by Crippen LogP contribution is 2.06. The molecule has 0 fully saturated rings. The predicted octanol–water partition coefficient (Wildman–Crippen LogP) is 2.65. The van der Waals surface area contributed by atoms with Gasteiger partial charge in [0.2, 0.25) is 0 Å². The van der Waals surface area contributed by atoms with Gasteiger partial charge in [0.05, 0.1) is 0 Å². The van der Waals surface area contributed by atoms with E-state index in [1.807, 2.05) is 42.5 Å². The van der Waals surface area contributed by atoms with Crippen LogP contribution in [-0.4, -0.2) is 7.85 Å². The summed E-state index contributed by atoms with van der Waals surface area (Å²) in [7, 11) is 5.61. The number of benzene rings is 2. The molecule has 0 heterocycles. The molecule has 0 saturated carbocycles. The minimum atomic E-state index is 0.798. The minimum Gasteiger partial charge on any atom is -0.0966 e. The molecule has 0 aliphatic heterocycles. The average Bonchev–Trinajstić information content (AvgIpc) is 2.30. The molecular formula is C14H11B. The molecular weight excluding hydrogens is 179 g/mol. The smallest absolute Gasteiger partial charge is 0.0966 e. The second kappa shape index (κ2) is 4.65. The lowest BCUT2D eigenvalue weighted by molar-refractivity contribution is 1.66. The van der Waals surface area contributed by atoms with Gasteiger partial charge in [0, 0.05) is 0 Å². The highest BCUT2D eigenvalue weighted by molar-refractivity contribution is 6.32. The Kier molecular flexibility index (Phi) is 3.03. The van der Waals surface area contributed by atoms with E-state index >= 15 is 0 Å². The summed E-state index contributed by atoms with van der Waals surface area (Å²) in [5.74, 6) is 0. The summed E-state index contributed by atoms with van der Waals surface area (Å²) in [6.45, 7) is 0. The van der Waals surface area contributed by atoms with E-state index in [1.54, 1.807) is 0 Å². The maximum absolute atomic E-state index is 5.61. The maximum atomic E-state index is 5.61. The van der Waals surface area contributed by atoms with Crippen LogP contribution in [0, 0.1) is 0 Å². The fourth-order valence-corrected chi connectivity index (χ4v) is 1.36. The Morgan fingerprint density at radius 1 is 0.667 bits per heavy atom. The van der Waals surface area contributed by atoms with Gasteiger partial charge < -0.3 is 0 Å². The molecule has 0 unspecified atom stereocenters. The van der Waals surface area contributed by atoms with Gasteiger partial charge in [-0.2, -0.15) is 0 Å². The lowest BCUT2D eigenvalue weighted by Crippen LogP contribution is -1.98. The summed E-state index contributed by atoms with van der Waals surface area (Å²) >= 11 is 0. The van der Waals surface area contributed by atoms with Gasteiger partial charge in [0.15, 0.2) is 0 Å². The lowest BCUT2D eigenvalue weighted by Gasteiger charge is -1.95. The third kappa shape index (κ3) is 2.85. The quantitative estimate of drug-likeness (QED) is 0.504. The van der Waals surface area contributed by atoms with E-state index < -0.39 is 0 Å². The molecule has 0 nitrogen and oxygen atoms in total. The SMILES string of the molecule is [B]c1ccc(/C=C/c2ccccc2)cc1. The Bertz CT molecular complexity index is 441. The molecule has 0 aliphatic rings. The summed E-state index contributed by atoms with van der Waals surface area (Å²) in [6, 6.07) is 18.1. The van der Waals surface area contributed by atoms with Gasteiger partial charge in [-0.1, -0.05) is 72.2 Å². The van der Waals surface area contributed by atoms with E-state index in [1.165, 1.54) is 5.56 Å². The predicted molar refractivity (Wildman–Crippen MR) is 67.2 cm³/mol. The zero-order chi connectivity index (χ0) is 10.5. The third-order valence-electron chi connectivity index (χ3n) is 2.20. The zero-order valence-corrected chi connectivity index (χ0v) is 8.43. The van der Waals surface area contributed by atoms with Crippen LogP contribution in [0.25, 0.3) is 12.2 Å². The van der Waals surface area contributed by atoms with E-state index in [0.29, 0.717) is 0 Å². The first-order valence-corrected chi connectivity index (χ1v) is 4.93. The van der Waals surface area contributed by atoms with Crippen molar-refractivity contribution >= 4 is 25.5 Å². The van der Waals surface area contributed by atoms with Crippen LogP contribution in [0.2, 0.25) is 0 Å². The van der Waals surface area contributed by atoms with Crippen molar-refractivity contribution in [2.45, 2.75) is 0 Å². The Hall–Kier alpha value is -1.76. The molecule has 0 bridgehead atoms. The summed E-state index contributed by atoms with van der Waals surface area (Å²) < 4.78 is 0. The molecule has 1 heteroatoms. The zero-order valence-electron chi connectivity index (χ0n) is 8.43. The Labute approximate surface area is 91.7 Å². The first-order chi connectivity index (χ1) is 7.34. The van der Waals surface area contributed by atoms with Crippen LogP contribution in [0.5, 0.6) is 0 Å². The first-order valence-electron chi connectivity index (χ1n) is 4.93. The van der Waals surface area contributed by atoms with E-state index in [4.69, 9.17) is 7.85 Å². The molecule has 0 aliphatic carbocycles.